The van der Waals surface area contributed by atoms with Crippen molar-refractivity contribution in [2.24, 2.45) is 0 Å². The zero-order valence-corrected chi connectivity index (χ0v) is 17.7. The maximum absolute atomic E-state index is 14.4. The zero-order valence-electron chi connectivity index (χ0n) is 16.9. The highest BCUT2D eigenvalue weighted by Crippen LogP contribution is 2.44. The van der Waals surface area contributed by atoms with Crippen LogP contribution in [0, 0.1) is 5.82 Å². The third-order valence-corrected chi connectivity index (χ3v) is 6.07. The minimum Gasteiger partial charge on any atom is -0.375 e. The van der Waals surface area contributed by atoms with Gasteiger partial charge in [-0.2, -0.15) is 0 Å². The predicted octanol–water partition coefficient (Wildman–Crippen LogP) is 5.05. The number of halogens is 2. The van der Waals surface area contributed by atoms with Crippen molar-refractivity contribution in [3.63, 3.8) is 0 Å². The first-order chi connectivity index (χ1) is 14.8. The Kier molecular flexibility index (Phi) is 5.65. The van der Waals surface area contributed by atoms with Crippen LogP contribution in [0.15, 0.2) is 66.7 Å². The molecule has 3 aromatic rings. The van der Waals surface area contributed by atoms with Gasteiger partial charge in [0.05, 0.1) is 18.7 Å². The third kappa shape index (κ3) is 3.75. The quantitative estimate of drug-likeness (QED) is 0.549. The first-order valence-corrected chi connectivity index (χ1v) is 10.4. The van der Waals surface area contributed by atoms with Gasteiger partial charge in [0.25, 0.3) is 5.91 Å². The van der Waals surface area contributed by atoms with Gasteiger partial charge in [0.1, 0.15) is 5.82 Å². The number of aryl methyl sites for hydroxylation is 1. The molecule has 158 valence electrons. The van der Waals surface area contributed by atoms with Gasteiger partial charge in [-0.1, -0.05) is 67.1 Å². The molecule has 3 aromatic carbocycles. The molecule has 0 saturated carbocycles. The van der Waals surface area contributed by atoms with E-state index in [-0.39, 0.29) is 22.9 Å². The number of para-hydroxylation sites is 1. The molecule has 4 nitrogen and oxygen atoms in total. The number of Topliss-reactive ketones (excluding diaryl/α,β-unsaturated/α-hetero) is 1. The number of fused-ring (bicyclic) bond motifs is 1. The zero-order chi connectivity index (χ0) is 22.2. The van der Waals surface area contributed by atoms with Crippen LogP contribution in [0.4, 0.5) is 10.1 Å². The molecular formula is C25H21ClFNO3. The Labute approximate surface area is 184 Å². The summed E-state index contributed by atoms with van der Waals surface area (Å²) in [4.78, 5) is 27.5. The van der Waals surface area contributed by atoms with Crippen LogP contribution in [0.1, 0.15) is 40.4 Å². The second kappa shape index (κ2) is 8.25. The van der Waals surface area contributed by atoms with E-state index < -0.39 is 23.7 Å². The number of benzene rings is 3. The molecule has 1 N–H and O–H groups in total. The Hall–Kier alpha value is -3.02. The van der Waals surface area contributed by atoms with Gasteiger partial charge < -0.3 is 10.0 Å². The number of hydrogen-bond donors (Lipinski definition) is 1. The highest BCUT2D eigenvalue weighted by molar-refractivity contribution is 6.31. The van der Waals surface area contributed by atoms with Crippen molar-refractivity contribution in [3.05, 3.63) is 99.8 Å². The van der Waals surface area contributed by atoms with Gasteiger partial charge in [0.2, 0.25) is 0 Å². The van der Waals surface area contributed by atoms with Crippen LogP contribution in [-0.2, 0) is 23.4 Å². The van der Waals surface area contributed by atoms with E-state index in [1.54, 1.807) is 42.5 Å². The van der Waals surface area contributed by atoms with Crippen LogP contribution in [0.3, 0.4) is 0 Å². The van der Waals surface area contributed by atoms with Crippen LogP contribution in [0.5, 0.6) is 0 Å². The van der Waals surface area contributed by atoms with E-state index in [0.29, 0.717) is 16.8 Å². The lowest BCUT2D eigenvalue weighted by Crippen LogP contribution is -2.41. The van der Waals surface area contributed by atoms with Gasteiger partial charge >= 0.3 is 0 Å². The van der Waals surface area contributed by atoms with Gasteiger partial charge in [0, 0.05) is 21.7 Å². The SMILES string of the molecule is CCc1ccc(C(=O)C[C@]2(O)C(=O)N(Cc3c(F)cccc3Cl)c3ccccc32)cc1. The topological polar surface area (TPSA) is 57.6 Å². The van der Waals surface area contributed by atoms with E-state index in [1.807, 2.05) is 19.1 Å². The highest BCUT2D eigenvalue weighted by Gasteiger charge is 2.51. The summed E-state index contributed by atoms with van der Waals surface area (Å²) < 4.78 is 14.4. The minimum absolute atomic E-state index is 0.150. The number of aliphatic hydroxyl groups is 1. The van der Waals surface area contributed by atoms with E-state index in [2.05, 4.69) is 0 Å². The van der Waals surface area contributed by atoms with Gasteiger partial charge in [-0.15, -0.1) is 0 Å². The first kappa shape index (κ1) is 21.2. The summed E-state index contributed by atoms with van der Waals surface area (Å²) in [6.45, 7) is 1.87. The Bertz CT molecular complexity index is 1140. The lowest BCUT2D eigenvalue weighted by molar-refractivity contribution is -0.136. The highest BCUT2D eigenvalue weighted by atomic mass is 35.5. The van der Waals surface area contributed by atoms with E-state index in [0.717, 1.165) is 12.0 Å². The Morgan fingerprint density at radius 1 is 1.06 bits per heavy atom. The average Bonchev–Trinajstić information content (AvgIpc) is 2.98. The number of carbonyl (C=O) groups excluding carboxylic acids is 2. The summed E-state index contributed by atoms with van der Waals surface area (Å²) in [5.74, 6) is -1.56. The molecule has 0 saturated heterocycles. The van der Waals surface area contributed by atoms with Crippen LogP contribution in [0.25, 0.3) is 0 Å². The molecule has 1 heterocycles. The number of anilines is 1. The van der Waals surface area contributed by atoms with Gasteiger partial charge in [0.15, 0.2) is 11.4 Å². The molecule has 1 amide bonds. The smallest absolute Gasteiger partial charge is 0.264 e. The van der Waals surface area contributed by atoms with Crippen molar-refractivity contribution in [3.8, 4) is 0 Å². The van der Waals surface area contributed by atoms with Crippen molar-refractivity contribution in [1.82, 2.24) is 0 Å². The van der Waals surface area contributed by atoms with E-state index in [4.69, 9.17) is 11.6 Å². The Morgan fingerprint density at radius 2 is 1.77 bits per heavy atom. The largest absolute Gasteiger partial charge is 0.375 e. The van der Waals surface area contributed by atoms with Crippen LogP contribution in [-0.4, -0.2) is 16.8 Å². The molecule has 31 heavy (non-hydrogen) atoms. The normalized spacial score (nSPS) is 17.7. The number of amides is 1. The molecule has 0 aromatic heterocycles. The molecule has 4 rings (SSSR count). The predicted molar refractivity (Wildman–Crippen MR) is 118 cm³/mol. The van der Waals surface area contributed by atoms with Crippen LogP contribution < -0.4 is 4.90 Å². The second-order valence-corrected chi connectivity index (χ2v) is 8.03. The monoisotopic (exact) mass is 437 g/mol. The summed E-state index contributed by atoms with van der Waals surface area (Å²) >= 11 is 6.15. The molecule has 6 heteroatoms. The van der Waals surface area contributed by atoms with Crippen molar-refractivity contribution < 1.29 is 19.1 Å². The standard InChI is InChI=1S/C25H21ClFNO3/c1-2-16-10-12-17(13-11-16)23(29)14-25(31)19-6-3-4-9-22(19)28(24(25)30)15-18-20(26)7-5-8-21(18)27/h3-13,31H,2,14-15H2,1H3/t25-/m1/s1. The summed E-state index contributed by atoms with van der Waals surface area (Å²) in [5.41, 5.74) is 0.388. The molecule has 0 aliphatic carbocycles. The second-order valence-electron chi connectivity index (χ2n) is 7.62. The lowest BCUT2D eigenvalue weighted by Gasteiger charge is -2.23. The van der Waals surface area contributed by atoms with E-state index >= 15 is 0 Å². The summed E-state index contributed by atoms with van der Waals surface area (Å²) in [7, 11) is 0. The lowest BCUT2D eigenvalue weighted by atomic mass is 9.88. The number of carbonyl (C=O) groups is 2. The molecular weight excluding hydrogens is 417 g/mol. The molecule has 0 spiro atoms. The maximum atomic E-state index is 14.4. The first-order valence-electron chi connectivity index (χ1n) is 10.0. The summed E-state index contributed by atoms with van der Waals surface area (Å²) in [6.07, 6.45) is 0.438. The number of ketones is 1. The van der Waals surface area contributed by atoms with Crippen molar-refractivity contribution in [1.29, 1.82) is 0 Å². The van der Waals surface area contributed by atoms with Gasteiger partial charge in [-0.05, 0) is 30.2 Å². The van der Waals surface area contributed by atoms with Crippen molar-refractivity contribution in [2.45, 2.75) is 31.9 Å². The number of hydrogen-bond acceptors (Lipinski definition) is 3. The fourth-order valence-corrected chi connectivity index (χ4v) is 4.16. The maximum Gasteiger partial charge on any atom is 0.264 e. The molecule has 1 atom stereocenters. The van der Waals surface area contributed by atoms with E-state index in [9.17, 15) is 19.1 Å². The molecule has 1 aliphatic heterocycles. The van der Waals surface area contributed by atoms with Crippen LogP contribution in [0.2, 0.25) is 5.02 Å². The Morgan fingerprint density at radius 3 is 2.45 bits per heavy atom. The molecule has 0 fully saturated rings. The van der Waals surface area contributed by atoms with Crippen molar-refractivity contribution in [2.75, 3.05) is 4.90 Å². The van der Waals surface area contributed by atoms with Gasteiger partial charge in [-0.3, -0.25) is 9.59 Å². The number of rotatable bonds is 6. The fourth-order valence-electron chi connectivity index (χ4n) is 3.94. The Balaban J connectivity index is 1.68. The molecule has 0 bridgehead atoms. The summed E-state index contributed by atoms with van der Waals surface area (Å²) in [5, 5.41) is 11.6. The van der Waals surface area contributed by atoms with Crippen molar-refractivity contribution >= 4 is 29.0 Å². The van der Waals surface area contributed by atoms with Gasteiger partial charge in [-0.25, -0.2) is 4.39 Å². The van der Waals surface area contributed by atoms with E-state index in [1.165, 1.54) is 17.0 Å². The summed E-state index contributed by atoms with van der Waals surface area (Å²) in [6, 6.07) is 18.1. The third-order valence-electron chi connectivity index (χ3n) is 5.72. The minimum atomic E-state index is -2.03. The molecule has 1 aliphatic rings. The van der Waals surface area contributed by atoms with Crippen LogP contribution >= 0.6 is 11.6 Å². The average molecular weight is 438 g/mol. The fraction of sp³-hybridized carbons (Fsp3) is 0.200. The number of nitrogens with zero attached hydrogens (tertiary/aromatic N) is 1. The molecule has 0 radical (unpaired) electrons. The molecule has 0 unspecified atom stereocenters.